The van der Waals surface area contributed by atoms with Crippen LogP contribution in [-0.2, 0) is 4.79 Å². The molecule has 0 radical (unpaired) electrons. The van der Waals surface area contributed by atoms with Gasteiger partial charge in [0.1, 0.15) is 5.75 Å². The molecule has 31 heavy (non-hydrogen) atoms. The van der Waals surface area contributed by atoms with Gasteiger partial charge in [-0.05, 0) is 43.2 Å². The summed E-state index contributed by atoms with van der Waals surface area (Å²) >= 11 is 0. The van der Waals surface area contributed by atoms with E-state index in [2.05, 4.69) is 20.7 Å². The van der Waals surface area contributed by atoms with Crippen molar-refractivity contribution in [2.24, 2.45) is 5.92 Å². The van der Waals surface area contributed by atoms with Crippen LogP contribution >= 0.6 is 0 Å². The zero-order valence-corrected chi connectivity index (χ0v) is 16.5. The van der Waals surface area contributed by atoms with Crippen molar-refractivity contribution in [1.82, 2.24) is 14.6 Å². The van der Waals surface area contributed by atoms with Gasteiger partial charge >= 0.3 is 0 Å². The second-order valence-electron chi connectivity index (χ2n) is 7.31. The first kappa shape index (κ1) is 18.8. The number of amides is 2. The van der Waals surface area contributed by atoms with E-state index in [-0.39, 0.29) is 17.7 Å². The summed E-state index contributed by atoms with van der Waals surface area (Å²) in [7, 11) is 0. The van der Waals surface area contributed by atoms with Gasteiger partial charge in [-0.3, -0.25) is 9.59 Å². The van der Waals surface area contributed by atoms with E-state index in [4.69, 9.17) is 4.74 Å². The van der Waals surface area contributed by atoms with Gasteiger partial charge in [0, 0.05) is 29.3 Å². The molecule has 0 atom stereocenters. The largest absolute Gasteiger partial charge is 0.438 e. The third-order valence-corrected chi connectivity index (χ3v) is 4.85. The van der Waals surface area contributed by atoms with Crippen molar-refractivity contribution < 1.29 is 14.3 Å². The summed E-state index contributed by atoms with van der Waals surface area (Å²) in [6.45, 7) is 0. The molecule has 2 aromatic heterocycles. The number of anilines is 2. The molecule has 0 saturated heterocycles. The third kappa shape index (κ3) is 4.37. The number of hydrogen-bond acceptors (Lipinski definition) is 5. The summed E-state index contributed by atoms with van der Waals surface area (Å²) in [6, 6.07) is 19.5. The molecular weight excluding hydrogens is 394 g/mol. The number of nitrogens with zero attached hydrogens (tertiary/aromatic N) is 3. The Labute approximate surface area is 177 Å². The molecular formula is C23H19N5O3. The average Bonchev–Trinajstić information content (AvgIpc) is 3.55. The van der Waals surface area contributed by atoms with E-state index < -0.39 is 0 Å². The Bertz CT molecular complexity index is 1260. The fourth-order valence-electron chi connectivity index (χ4n) is 3.10. The van der Waals surface area contributed by atoms with Gasteiger partial charge in [0.2, 0.25) is 11.8 Å². The van der Waals surface area contributed by atoms with Crippen LogP contribution in [0.5, 0.6) is 11.6 Å². The lowest BCUT2D eigenvalue weighted by Gasteiger charge is -2.08. The standard InChI is InChI=1S/C23H19N5O3/c29-22(15-5-2-1-3-6-15)24-17-7-4-8-18(13-17)31-21-12-11-20-25-19(14-28(20)27-21)26-23(30)16-9-10-16/h1-8,11-14,16H,9-10H2,(H,24,29)(H,26,30). The lowest BCUT2D eigenvalue weighted by Crippen LogP contribution is -2.13. The Kier molecular flexibility index (Phi) is 4.80. The van der Waals surface area contributed by atoms with Crippen molar-refractivity contribution >= 4 is 29.0 Å². The van der Waals surface area contributed by atoms with E-state index in [1.807, 2.05) is 18.2 Å². The van der Waals surface area contributed by atoms with Gasteiger partial charge in [0.25, 0.3) is 5.91 Å². The van der Waals surface area contributed by atoms with Crippen LogP contribution in [0.25, 0.3) is 5.65 Å². The number of nitrogens with one attached hydrogen (secondary N) is 2. The van der Waals surface area contributed by atoms with Gasteiger partial charge in [-0.1, -0.05) is 24.3 Å². The maximum atomic E-state index is 12.4. The Balaban J connectivity index is 1.29. The fourth-order valence-corrected chi connectivity index (χ4v) is 3.10. The normalized spacial score (nSPS) is 13.0. The maximum Gasteiger partial charge on any atom is 0.255 e. The van der Waals surface area contributed by atoms with Crippen LogP contribution in [0, 0.1) is 5.92 Å². The predicted molar refractivity (Wildman–Crippen MR) is 115 cm³/mol. The number of benzene rings is 2. The smallest absolute Gasteiger partial charge is 0.255 e. The lowest BCUT2D eigenvalue weighted by atomic mass is 10.2. The van der Waals surface area contributed by atoms with Gasteiger partial charge in [-0.25, -0.2) is 9.50 Å². The van der Waals surface area contributed by atoms with Gasteiger partial charge in [0.15, 0.2) is 11.5 Å². The molecule has 0 spiro atoms. The molecule has 2 N–H and O–H groups in total. The van der Waals surface area contributed by atoms with Crippen molar-refractivity contribution in [3.05, 3.63) is 78.5 Å². The van der Waals surface area contributed by atoms with Gasteiger partial charge in [-0.2, -0.15) is 0 Å². The SMILES string of the molecule is O=C(Nc1cccc(Oc2ccc3nc(NC(=O)C4CC4)cn3n2)c1)c1ccccc1. The molecule has 8 nitrogen and oxygen atoms in total. The van der Waals surface area contributed by atoms with Gasteiger partial charge in [0.05, 0.1) is 6.20 Å². The summed E-state index contributed by atoms with van der Waals surface area (Å²) in [5.41, 5.74) is 1.79. The summed E-state index contributed by atoms with van der Waals surface area (Å²) in [4.78, 5) is 28.6. The molecule has 1 saturated carbocycles. The molecule has 0 bridgehead atoms. The highest BCUT2D eigenvalue weighted by Gasteiger charge is 2.30. The minimum absolute atomic E-state index is 0.00533. The molecule has 1 aliphatic carbocycles. The fraction of sp³-hybridized carbons (Fsp3) is 0.130. The average molecular weight is 413 g/mol. The number of imidazole rings is 1. The van der Waals surface area contributed by atoms with Crippen LogP contribution in [0.1, 0.15) is 23.2 Å². The molecule has 2 amide bonds. The van der Waals surface area contributed by atoms with Crippen molar-refractivity contribution in [1.29, 1.82) is 0 Å². The van der Waals surface area contributed by atoms with E-state index >= 15 is 0 Å². The predicted octanol–water partition coefficient (Wildman–Crippen LogP) is 4.12. The molecule has 154 valence electrons. The molecule has 4 aromatic rings. The van der Waals surface area contributed by atoms with E-state index in [1.54, 1.807) is 59.2 Å². The highest BCUT2D eigenvalue weighted by molar-refractivity contribution is 6.04. The highest BCUT2D eigenvalue weighted by atomic mass is 16.5. The minimum Gasteiger partial charge on any atom is -0.438 e. The van der Waals surface area contributed by atoms with Gasteiger partial charge in [-0.15, -0.1) is 5.10 Å². The van der Waals surface area contributed by atoms with Gasteiger partial charge < -0.3 is 15.4 Å². The third-order valence-electron chi connectivity index (χ3n) is 4.85. The summed E-state index contributed by atoms with van der Waals surface area (Å²) in [5, 5.41) is 10.1. The van der Waals surface area contributed by atoms with Crippen LogP contribution in [0.3, 0.4) is 0 Å². The van der Waals surface area contributed by atoms with E-state index in [1.165, 1.54) is 0 Å². The van der Waals surface area contributed by atoms with Crippen LogP contribution in [0.15, 0.2) is 72.9 Å². The molecule has 0 unspecified atom stereocenters. The number of fused-ring (bicyclic) bond motifs is 1. The molecule has 2 aromatic carbocycles. The van der Waals surface area contributed by atoms with Crippen molar-refractivity contribution in [3.8, 4) is 11.6 Å². The maximum absolute atomic E-state index is 12.4. The second kappa shape index (κ2) is 7.91. The molecule has 0 aliphatic heterocycles. The molecule has 1 fully saturated rings. The van der Waals surface area contributed by atoms with Crippen LogP contribution < -0.4 is 15.4 Å². The van der Waals surface area contributed by atoms with E-state index in [0.29, 0.717) is 34.3 Å². The zero-order chi connectivity index (χ0) is 21.2. The second-order valence-corrected chi connectivity index (χ2v) is 7.31. The first-order valence-corrected chi connectivity index (χ1v) is 9.96. The number of carbonyl (C=O) groups excluding carboxylic acids is 2. The minimum atomic E-state index is -0.198. The Morgan fingerprint density at radius 1 is 0.968 bits per heavy atom. The number of hydrogen-bond donors (Lipinski definition) is 2. The highest BCUT2D eigenvalue weighted by Crippen LogP contribution is 2.30. The van der Waals surface area contributed by atoms with E-state index in [0.717, 1.165) is 12.8 Å². The number of ether oxygens (including phenoxy) is 1. The Morgan fingerprint density at radius 2 is 1.81 bits per heavy atom. The number of rotatable bonds is 6. The lowest BCUT2D eigenvalue weighted by molar-refractivity contribution is -0.117. The summed E-state index contributed by atoms with van der Waals surface area (Å²) < 4.78 is 7.41. The summed E-state index contributed by atoms with van der Waals surface area (Å²) in [6.07, 6.45) is 3.51. The van der Waals surface area contributed by atoms with Crippen LogP contribution in [0.4, 0.5) is 11.5 Å². The number of aromatic nitrogens is 3. The topological polar surface area (TPSA) is 97.6 Å². The quantitative estimate of drug-likeness (QED) is 0.495. The van der Waals surface area contributed by atoms with Crippen molar-refractivity contribution in [2.45, 2.75) is 12.8 Å². The van der Waals surface area contributed by atoms with Crippen LogP contribution in [0.2, 0.25) is 0 Å². The van der Waals surface area contributed by atoms with Crippen molar-refractivity contribution in [3.63, 3.8) is 0 Å². The Morgan fingerprint density at radius 3 is 2.61 bits per heavy atom. The van der Waals surface area contributed by atoms with Crippen LogP contribution in [-0.4, -0.2) is 26.4 Å². The zero-order valence-electron chi connectivity index (χ0n) is 16.5. The summed E-state index contributed by atoms with van der Waals surface area (Å²) in [5.74, 6) is 1.25. The number of carbonyl (C=O) groups is 2. The van der Waals surface area contributed by atoms with E-state index in [9.17, 15) is 9.59 Å². The monoisotopic (exact) mass is 413 g/mol. The Hall–Kier alpha value is -4.20. The van der Waals surface area contributed by atoms with Crippen molar-refractivity contribution in [2.75, 3.05) is 10.6 Å². The first-order chi connectivity index (χ1) is 15.1. The molecule has 1 aliphatic rings. The molecule has 5 rings (SSSR count). The molecule has 2 heterocycles. The molecule has 8 heteroatoms. The first-order valence-electron chi connectivity index (χ1n) is 9.96.